The molecule has 134 valence electrons. The minimum Gasteiger partial charge on any atom is -0.365 e. The lowest BCUT2D eigenvalue weighted by Gasteiger charge is -2.26. The molecule has 3 rings (SSSR count). The minimum absolute atomic E-state index is 0.0295. The van der Waals surface area contributed by atoms with Crippen LogP contribution in [0.15, 0.2) is 30.6 Å². The van der Waals surface area contributed by atoms with E-state index in [-0.39, 0.29) is 18.1 Å². The van der Waals surface area contributed by atoms with E-state index >= 15 is 0 Å². The Bertz CT molecular complexity index is 666. The smallest absolute Gasteiger partial charge is 0.249 e. The third-order valence-electron chi connectivity index (χ3n) is 4.65. The molecule has 1 aromatic heterocycles. The highest BCUT2D eigenvalue weighted by atomic mass is 16.5. The summed E-state index contributed by atoms with van der Waals surface area (Å²) in [6.07, 6.45) is 7.89. The molecule has 2 aromatic rings. The quantitative estimate of drug-likeness (QED) is 0.810. The van der Waals surface area contributed by atoms with Crippen LogP contribution in [0.2, 0.25) is 0 Å². The van der Waals surface area contributed by atoms with Gasteiger partial charge in [0.15, 0.2) is 5.82 Å². The van der Waals surface area contributed by atoms with Gasteiger partial charge in [0.25, 0.3) is 0 Å². The average Bonchev–Trinajstić information content (AvgIpc) is 3.20. The maximum Gasteiger partial charge on any atom is 0.249 e. The SMILES string of the molecule is CC[C@H](OC1CCCCC1)C(=O)NCc1cccc(-c2ncn[nH]2)c1. The summed E-state index contributed by atoms with van der Waals surface area (Å²) in [5.74, 6) is 0.693. The first-order valence-corrected chi connectivity index (χ1v) is 9.14. The molecule has 1 fully saturated rings. The number of carbonyl (C=O) groups excluding carboxylic acids is 1. The topological polar surface area (TPSA) is 79.9 Å². The Hall–Kier alpha value is -2.21. The van der Waals surface area contributed by atoms with Crippen LogP contribution in [0.5, 0.6) is 0 Å². The normalized spacial score (nSPS) is 16.5. The van der Waals surface area contributed by atoms with Crippen molar-refractivity contribution in [1.29, 1.82) is 0 Å². The lowest BCUT2D eigenvalue weighted by Crippen LogP contribution is -2.38. The first-order chi connectivity index (χ1) is 12.3. The van der Waals surface area contributed by atoms with Gasteiger partial charge in [0.2, 0.25) is 5.91 Å². The lowest BCUT2D eigenvalue weighted by molar-refractivity contribution is -0.138. The van der Waals surface area contributed by atoms with Crippen LogP contribution in [-0.2, 0) is 16.1 Å². The summed E-state index contributed by atoms with van der Waals surface area (Å²) < 4.78 is 6.04. The van der Waals surface area contributed by atoms with Gasteiger partial charge < -0.3 is 10.1 Å². The molecule has 0 unspecified atom stereocenters. The Morgan fingerprint density at radius 1 is 1.36 bits per heavy atom. The van der Waals surface area contributed by atoms with Gasteiger partial charge in [-0.2, -0.15) is 5.10 Å². The van der Waals surface area contributed by atoms with Crippen LogP contribution in [0.4, 0.5) is 0 Å². The molecule has 0 spiro atoms. The number of H-pyrrole nitrogens is 1. The van der Waals surface area contributed by atoms with Crippen molar-refractivity contribution in [2.45, 2.75) is 64.2 Å². The molecule has 0 saturated heterocycles. The number of amides is 1. The molecule has 2 N–H and O–H groups in total. The Balaban J connectivity index is 1.54. The number of hydrogen-bond acceptors (Lipinski definition) is 4. The third kappa shape index (κ3) is 4.89. The van der Waals surface area contributed by atoms with Gasteiger partial charge in [0.1, 0.15) is 12.4 Å². The van der Waals surface area contributed by atoms with Crippen molar-refractivity contribution in [2.24, 2.45) is 0 Å². The molecular formula is C19H26N4O2. The molecule has 1 heterocycles. The van der Waals surface area contributed by atoms with Crippen LogP contribution in [0.25, 0.3) is 11.4 Å². The van der Waals surface area contributed by atoms with E-state index in [1.807, 2.05) is 31.2 Å². The van der Waals surface area contributed by atoms with Gasteiger partial charge in [-0.05, 0) is 30.9 Å². The molecule has 1 aliphatic rings. The van der Waals surface area contributed by atoms with Crippen molar-refractivity contribution in [3.63, 3.8) is 0 Å². The fourth-order valence-electron chi connectivity index (χ4n) is 3.25. The van der Waals surface area contributed by atoms with Crippen LogP contribution >= 0.6 is 0 Å². The van der Waals surface area contributed by atoms with Crippen LogP contribution in [-0.4, -0.2) is 33.3 Å². The molecule has 0 bridgehead atoms. The van der Waals surface area contributed by atoms with Crippen LogP contribution in [0.1, 0.15) is 51.0 Å². The predicted octanol–water partition coefficient (Wildman–Crippen LogP) is 3.22. The van der Waals surface area contributed by atoms with Crippen molar-refractivity contribution in [3.8, 4) is 11.4 Å². The lowest BCUT2D eigenvalue weighted by atomic mass is 9.97. The molecule has 1 aromatic carbocycles. The van der Waals surface area contributed by atoms with E-state index in [4.69, 9.17) is 4.74 Å². The third-order valence-corrected chi connectivity index (χ3v) is 4.65. The highest BCUT2D eigenvalue weighted by Gasteiger charge is 2.23. The van der Waals surface area contributed by atoms with E-state index < -0.39 is 0 Å². The van der Waals surface area contributed by atoms with Crippen LogP contribution < -0.4 is 5.32 Å². The van der Waals surface area contributed by atoms with Crippen molar-refractivity contribution < 1.29 is 9.53 Å². The predicted molar refractivity (Wildman–Crippen MR) is 95.7 cm³/mol. The number of hydrogen-bond donors (Lipinski definition) is 2. The van der Waals surface area contributed by atoms with Gasteiger partial charge >= 0.3 is 0 Å². The van der Waals surface area contributed by atoms with E-state index in [1.165, 1.54) is 25.6 Å². The van der Waals surface area contributed by atoms with E-state index in [9.17, 15) is 4.79 Å². The summed E-state index contributed by atoms with van der Waals surface area (Å²) in [4.78, 5) is 16.6. The molecule has 6 nitrogen and oxygen atoms in total. The van der Waals surface area contributed by atoms with Gasteiger partial charge in [0.05, 0.1) is 6.10 Å². The molecule has 25 heavy (non-hydrogen) atoms. The van der Waals surface area contributed by atoms with Gasteiger partial charge in [-0.15, -0.1) is 0 Å². The Labute approximate surface area is 148 Å². The molecule has 6 heteroatoms. The summed E-state index contributed by atoms with van der Waals surface area (Å²) >= 11 is 0. The molecule has 1 saturated carbocycles. The van der Waals surface area contributed by atoms with Crippen molar-refractivity contribution in [2.75, 3.05) is 0 Å². The molecule has 1 aliphatic carbocycles. The first kappa shape index (κ1) is 17.6. The number of ether oxygens (including phenoxy) is 1. The monoisotopic (exact) mass is 342 g/mol. The first-order valence-electron chi connectivity index (χ1n) is 9.14. The van der Waals surface area contributed by atoms with Crippen molar-refractivity contribution in [1.82, 2.24) is 20.5 Å². The summed E-state index contributed by atoms with van der Waals surface area (Å²) in [5, 5.41) is 9.72. The Kier molecular flexibility index (Phi) is 6.17. The average molecular weight is 342 g/mol. The van der Waals surface area contributed by atoms with Gasteiger partial charge in [-0.1, -0.05) is 44.4 Å². The zero-order chi connectivity index (χ0) is 17.5. The summed E-state index contributed by atoms with van der Waals surface area (Å²) in [5.41, 5.74) is 1.98. The maximum atomic E-state index is 12.5. The Morgan fingerprint density at radius 3 is 2.92 bits per heavy atom. The van der Waals surface area contributed by atoms with Gasteiger partial charge in [0, 0.05) is 12.1 Å². The molecule has 0 aliphatic heterocycles. The number of nitrogens with one attached hydrogen (secondary N) is 2. The fraction of sp³-hybridized carbons (Fsp3) is 0.526. The standard InChI is InChI=1S/C19H26N4O2/c1-2-17(25-16-9-4-3-5-10-16)19(24)20-12-14-7-6-8-15(11-14)18-21-13-22-23-18/h6-8,11,13,16-17H,2-5,9-10,12H2,1H3,(H,20,24)(H,21,22,23)/t17-/m0/s1. The number of benzene rings is 1. The molecule has 0 radical (unpaired) electrons. The van der Waals surface area contributed by atoms with Crippen molar-refractivity contribution >= 4 is 5.91 Å². The van der Waals surface area contributed by atoms with Crippen LogP contribution in [0, 0.1) is 0 Å². The summed E-state index contributed by atoms with van der Waals surface area (Å²) in [7, 11) is 0. The zero-order valence-electron chi connectivity index (χ0n) is 14.7. The summed E-state index contributed by atoms with van der Waals surface area (Å²) in [6.45, 7) is 2.48. The summed E-state index contributed by atoms with van der Waals surface area (Å²) in [6, 6.07) is 7.91. The number of rotatable bonds is 7. The van der Waals surface area contributed by atoms with E-state index in [0.29, 0.717) is 13.0 Å². The fourth-order valence-corrected chi connectivity index (χ4v) is 3.25. The van der Waals surface area contributed by atoms with Crippen LogP contribution in [0.3, 0.4) is 0 Å². The van der Waals surface area contributed by atoms with Crippen molar-refractivity contribution in [3.05, 3.63) is 36.2 Å². The largest absolute Gasteiger partial charge is 0.365 e. The molecule has 1 atom stereocenters. The second-order valence-electron chi connectivity index (χ2n) is 6.55. The number of nitrogens with zero attached hydrogens (tertiary/aromatic N) is 2. The molecular weight excluding hydrogens is 316 g/mol. The Morgan fingerprint density at radius 2 is 2.20 bits per heavy atom. The van der Waals surface area contributed by atoms with E-state index in [0.717, 1.165) is 29.8 Å². The van der Waals surface area contributed by atoms with Gasteiger partial charge in [-0.25, -0.2) is 4.98 Å². The zero-order valence-corrected chi connectivity index (χ0v) is 14.7. The minimum atomic E-state index is -0.361. The number of carbonyl (C=O) groups is 1. The van der Waals surface area contributed by atoms with E-state index in [2.05, 4.69) is 20.5 Å². The second kappa shape index (κ2) is 8.76. The number of aromatic amines is 1. The highest BCUT2D eigenvalue weighted by Crippen LogP contribution is 2.22. The highest BCUT2D eigenvalue weighted by molar-refractivity contribution is 5.80. The second-order valence-corrected chi connectivity index (χ2v) is 6.55. The molecule has 1 amide bonds. The number of aromatic nitrogens is 3. The maximum absolute atomic E-state index is 12.5. The van der Waals surface area contributed by atoms with E-state index in [1.54, 1.807) is 0 Å². The van der Waals surface area contributed by atoms with Gasteiger partial charge in [-0.3, -0.25) is 9.89 Å².